The zero-order chi connectivity index (χ0) is 30.1. The summed E-state index contributed by atoms with van der Waals surface area (Å²) < 4.78 is 34.1. The standard InChI is InChI=1S/C30H49NO8Si/c1-20(2)12-11-13-21(3)28-25(38-30(4,5)39-28)18-26(32)31-23-16-22(35-7)17-24(37-19-34-6)27(23)29(33)36-14-15-40(8,9)10/h11,13,16-17,20-21,25,28H,12,14-15,18-19H2,1-10H3,(H,31,32)/b13-11-/t21?,25-,28+/m0/s1. The molecule has 1 N–H and O–H groups in total. The average Bonchev–Trinajstić information content (AvgIpc) is 3.14. The van der Waals surface area contributed by atoms with E-state index >= 15 is 0 Å². The van der Waals surface area contributed by atoms with Crippen LogP contribution in [0.15, 0.2) is 24.3 Å². The van der Waals surface area contributed by atoms with E-state index in [1.165, 1.54) is 14.2 Å². The minimum Gasteiger partial charge on any atom is -0.497 e. The predicted molar refractivity (Wildman–Crippen MR) is 159 cm³/mol. The van der Waals surface area contributed by atoms with E-state index in [1.807, 2.05) is 13.8 Å². The number of ether oxygens (including phenoxy) is 6. The van der Waals surface area contributed by atoms with Crippen LogP contribution in [-0.2, 0) is 23.7 Å². The first-order chi connectivity index (χ1) is 18.7. The number of anilines is 1. The molecule has 1 fully saturated rings. The van der Waals surface area contributed by atoms with Gasteiger partial charge in [-0.2, -0.15) is 0 Å². The van der Waals surface area contributed by atoms with Crippen LogP contribution in [0.3, 0.4) is 0 Å². The predicted octanol–water partition coefficient (Wildman–Crippen LogP) is 6.26. The summed E-state index contributed by atoms with van der Waals surface area (Å²) in [6.45, 7) is 16.9. The second kappa shape index (κ2) is 15.0. The lowest BCUT2D eigenvalue weighted by atomic mass is 9.96. The van der Waals surface area contributed by atoms with Crippen molar-refractivity contribution in [2.45, 2.75) is 91.1 Å². The molecule has 0 bridgehead atoms. The molecule has 0 saturated carbocycles. The van der Waals surface area contributed by atoms with Crippen molar-refractivity contribution in [2.75, 3.05) is 32.9 Å². The summed E-state index contributed by atoms with van der Waals surface area (Å²) in [5, 5.41) is 2.88. The van der Waals surface area contributed by atoms with E-state index in [0.717, 1.165) is 12.5 Å². The Kier molecular flexibility index (Phi) is 12.7. The quantitative estimate of drug-likeness (QED) is 0.112. The molecule has 1 amide bonds. The molecular weight excluding hydrogens is 530 g/mol. The number of rotatable bonds is 15. The monoisotopic (exact) mass is 579 g/mol. The Labute approximate surface area is 240 Å². The number of nitrogens with one attached hydrogen (secondary N) is 1. The van der Waals surface area contributed by atoms with Crippen molar-refractivity contribution in [1.29, 1.82) is 0 Å². The van der Waals surface area contributed by atoms with Gasteiger partial charge in [0.15, 0.2) is 12.6 Å². The lowest BCUT2D eigenvalue weighted by molar-refractivity contribution is -0.150. The molecule has 1 aromatic carbocycles. The van der Waals surface area contributed by atoms with Gasteiger partial charge in [0.2, 0.25) is 5.91 Å². The van der Waals surface area contributed by atoms with Crippen LogP contribution in [0.25, 0.3) is 0 Å². The van der Waals surface area contributed by atoms with E-state index in [-0.39, 0.29) is 54.8 Å². The average molecular weight is 580 g/mol. The van der Waals surface area contributed by atoms with Crippen molar-refractivity contribution < 1.29 is 38.0 Å². The molecule has 0 spiro atoms. The number of amides is 1. The second-order valence-electron chi connectivity index (χ2n) is 12.4. The van der Waals surface area contributed by atoms with Gasteiger partial charge in [0.25, 0.3) is 0 Å². The van der Waals surface area contributed by atoms with Gasteiger partial charge in [0.05, 0.1) is 38.0 Å². The van der Waals surface area contributed by atoms with Crippen LogP contribution >= 0.6 is 0 Å². The maximum Gasteiger partial charge on any atom is 0.344 e. The highest BCUT2D eigenvalue weighted by Crippen LogP contribution is 2.36. The molecule has 1 saturated heterocycles. The fourth-order valence-electron chi connectivity index (χ4n) is 4.30. The zero-order valence-electron chi connectivity index (χ0n) is 25.9. The molecule has 9 nitrogen and oxygen atoms in total. The first-order valence-electron chi connectivity index (χ1n) is 14.0. The molecule has 2 rings (SSSR count). The molecule has 1 unspecified atom stereocenters. The van der Waals surface area contributed by atoms with Gasteiger partial charge in [0, 0.05) is 33.2 Å². The largest absolute Gasteiger partial charge is 0.497 e. The molecule has 10 heteroatoms. The third kappa shape index (κ3) is 10.9. The Bertz CT molecular complexity index is 1020. The highest BCUT2D eigenvalue weighted by molar-refractivity contribution is 6.76. The third-order valence-corrected chi connectivity index (χ3v) is 8.08. The molecule has 1 heterocycles. The van der Waals surface area contributed by atoms with Gasteiger partial charge in [-0.1, -0.05) is 52.6 Å². The van der Waals surface area contributed by atoms with Crippen LogP contribution in [0.5, 0.6) is 11.5 Å². The minimum atomic E-state index is -1.43. The lowest BCUT2D eigenvalue weighted by Gasteiger charge is -2.22. The second-order valence-corrected chi connectivity index (χ2v) is 18.0. The molecule has 40 heavy (non-hydrogen) atoms. The van der Waals surface area contributed by atoms with Crippen LogP contribution in [0.4, 0.5) is 5.69 Å². The van der Waals surface area contributed by atoms with E-state index < -0.39 is 25.9 Å². The van der Waals surface area contributed by atoms with Gasteiger partial charge >= 0.3 is 5.97 Å². The highest BCUT2D eigenvalue weighted by Gasteiger charge is 2.44. The number of hydrogen-bond donors (Lipinski definition) is 1. The summed E-state index contributed by atoms with van der Waals surface area (Å²) in [5.74, 6) is -0.554. The Morgan fingerprint density at radius 1 is 1.12 bits per heavy atom. The lowest BCUT2D eigenvalue weighted by Crippen LogP contribution is -2.32. The van der Waals surface area contributed by atoms with Gasteiger partial charge in [-0.15, -0.1) is 0 Å². The first kappa shape index (κ1) is 33.8. The van der Waals surface area contributed by atoms with Gasteiger partial charge in [-0.05, 0) is 32.2 Å². The van der Waals surface area contributed by atoms with Crippen molar-refractivity contribution in [3.63, 3.8) is 0 Å². The maximum absolute atomic E-state index is 13.4. The summed E-state index contributed by atoms with van der Waals surface area (Å²) >= 11 is 0. The molecule has 3 atom stereocenters. The summed E-state index contributed by atoms with van der Waals surface area (Å²) in [4.78, 5) is 26.6. The number of benzene rings is 1. The van der Waals surface area contributed by atoms with Crippen molar-refractivity contribution in [3.8, 4) is 11.5 Å². The fourth-order valence-corrected chi connectivity index (χ4v) is 5.02. The van der Waals surface area contributed by atoms with Crippen LogP contribution < -0.4 is 14.8 Å². The first-order valence-corrected chi connectivity index (χ1v) is 17.7. The van der Waals surface area contributed by atoms with Crippen LogP contribution in [0, 0.1) is 11.8 Å². The van der Waals surface area contributed by atoms with Crippen LogP contribution in [0.1, 0.15) is 57.8 Å². The summed E-state index contributed by atoms with van der Waals surface area (Å²) in [5.41, 5.74) is 0.334. The molecule has 0 aliphatic carbocycles. The molecule has 1 aliphatic rings. The number of carbonyl (C=O) groups excluding carboxylic acids is 2. The van der Waals surface area contributed by atoms with Crippen LogP contribution in [0.2, 0.25) is 25.7 Å². The molecule has 0 radical (unpaired) electrons. The van der Waals surface area contributed by atoms with Gasteiger partial charge in [0.1, 0.15) is 17.1 Å². The smallest absolute Gasteiger partial charge is 0.344 e. The van der Waals surface area contributed by atoms with Crippen LogP contribution in [-0.4, -0.2) is 65.6 Å². The van der Waals surface area contributed by atoms with E-state index in [2.05, 4.69) is 57.9 Å². The SMILES string of the molecule is COCOc1cc(OC)cc(NC(=O)C[C@@H]2OC(C)(C)O[C@@H]2C(C)/C=C\CC(C)C)c1C(=O)OCC[Si](C)(C)C. The molecule has 0 aromatic heterocycles. The van der Waals surface area contributed by atoms with Crippen molar-refractivity contribution in [2.24, 2.45) is 11.8 Å². The van der Waals surface area contributed by atoms with E-state index in [1.54, 1.807) is 12.1 Å². The van der Waals surface area contributed by atoms with Gasteiger partial charge in [-0.3, -0.25) is 4.79 Å². The zero-order valence-corrected chi connectivity index (χ0v) is 26.9. The Hall–Kier alpha value is -2.40. The Balaban J connectivity index is 2.29. The number of hydrogen-bond acceptors (Lipinski definition) is 8. The minimum absolute atomic E-state index is 0.0338. The number of allylic oxidation sites excluding steroid dienone is 1. The van der Waals surface area contributed by atoms with Gasteiger partial charge < -0.3 is 33.7 Å². The highest BCUT2D eigenvalue weighted by atomic mass is 28.3. The van der Waals surface area contributed by atoms with Crippen molar-refractivity contribution >= 4 is 25.6 Å². The number of carbonyl (C=O) groups is 2. The maximum atomic E-state index is 13.4. The Morgan fingerprint density at radius 2 is 1.82 bits per heavy atom. The van der Waals surface area contributed by atoms with E-state index in [4.69, 9.17) is 28.4 Å². The summed E-state index contributed by atoms with van der Waals surface area (Å²) in [6.07, 6.45) is 4.49. The van der Waals surface area contributed by atoms with Crippen molar-refractivity contribution in [3.05, 3.63) is 29.8 Å². The summed E-state index contributed by atoms with van der Waals surface area (Å²) in [6, 6.07) is 3.96. The Morgan fingerprint density at radius 3 is 2.42 bits per heavy atom. The topological polar surface area (TPSA) is 102 Å². The normalized spacial score (nSPS) is 19.6. The molecule has 1 aromatic rings. The molecule has 226 valence electrons. The summed E-state index contributed by atoms with van der Waals surface area (Å²) in [7, 11) is 1.55. The van der Waals surface area contributed by atoms with E-state index in [0.29, 0.717) is 11.7 Å². The third-order valence-electron chi connectivity index (χ3n) is 6.38. The fraction of sp³-hybridized carbons (Fsp3) is 0.667. The van der Waals surface area contributed by atoms with Gasteiger partial charge in [-0.25, -0.2) is 4.79 Å². The number of esters is 1. The molecule has 1 aliphatic heterocycles. The van der Waals surface area contributed by atoms with Crippen molar-refractivity contribution in [1.82, 2.24) is 0 Å². The number of methoxy groups -OCH3 is 2. The van der Waals surface area contributed by atoms with E-state index in [9.17, 15) is 9.59 Å². The molecular formula is C30H49NO8Si.